The molecule has 164 valence electrons. The zero-order valence-electron chi connectivity index (χ0n) is 17.3. The summed E-state index contributed by atoms with van der Waals surface area (Å²) in [6.45, 7) is 2.92. The van der Waals surface area contributed by atoms with Crippen molar-refractivity contribution in [1.29, 1.82) is 0 Å². The third kappa shape index (κ3) is 4.72. The topological polar surface area (TPSA) is 105 Å². The summed E-state index contributed by atoms with van der Waals surface area (Å²) in [5.41, 5.74) is 2.53. The molecule has 0 atom stereocenters. The zero-order chi connectivity index (χ0) is 22.0. The molecular formula is C22H25N3O5S. The number of fused-ring (bicyclic) bond motifs is 1. The predicted octanol–water partition coefficient (Wildman–Crippen LogP) is 2.04. The highest BCUT2D eigenvalue weighted by Crippen LogP contribution is 2.32. The van der Waals surface area contributed by atoms with Crippen LogP contribution in [0.3, 0.4) is 0 Å². The summed E-state index contributed by atoms with van der Waals surface area (Å²) >= 11 is 0. The molecule has 0 radical (unpaired) electrons. The van der Waals surface area contributed by atoms with Crippen LogP contribution in [0.2, 0.25) is 0 Å². The summed E-state index contributed by atoms with van der Waals surface area (Å²) in [6, 6.07) is 12.4. The molecule has 0 aromatic heterocycles. The van der Waals surface area contributed by atoms with Crippen LogP contribution in [0.5, 0.6) is 5.75 Å². The highest BCUT2D eigenvalue weighted by atomic mass is 32.2. The van der Waals surface area contributed by atoms with E-state index in [1.165, 1.54) is 16.4 Å². The van der Waals surface area contributed by atoms with Gasteiger partial charge in [0.1, 0.15) is 5.75 Å². The van der Waals surface area contributed by atoms with Crippen LogP contribution in [0.15, 0.2) is 47.4 Å². The number of hydrogen-bond donors (Lipinski definition) is 2. The maximum absolute atomic E-state index is 13.0. The molecule has 2 aliphatic heterocycles. The van der Waals surface area contributed by atoms with Crippen LogP contribution in [0, 0.1) is 12.8 Å². The number of amides is 2. The van der Waals surface area contributed by atoms with Crippen molar-refractivity contribution in [2.45, 2.75) is 31.2 Å². The van der Waals surface area contributed by atoms with Crippen molar-refractivity contribution in [2.24, 2.45) is 5.92 Å². The first kappa shape index (κ1) is 21.3. The Morgan fingerprint density at radius 2 is 1.97 bits per heavy atom. The Morgan fingerprint density at radius 3 is 2.71 bits per heavy atom. The first-order valence-corrected chi connectivity index (χ1v) is 11.7. The van der Waals surface area contributed by atoms with E-state index >= 15 is 0 Å². The summed E-state index contributed by atoms with van der Waals surface area (Å²) in [5, 5.41) is 5.59. The van der Waals surface area contributed by atoms with Crippen molar-refractivity contribution < 1.29 is 22.7 Å². The van der Waals surface area contributed by atoms with Gasteiger partial charge in [0.05, 0.1) is 10.6 Å². The first-order chi connectivity index (χ1) is 14.8. The fourth-order valence-corrected chi connectivity index (χ4v) is 5.38. The molecule has 2 aliphatic rings. The van der Waals surface area contributed by atoms with E-state index in [-0.39, 0.29) is 42.3 Å². The average Bonchev–Trinajstić information content (AvgIpc) is 2.77. The van der Waals surface area contributed by atoms with Crippen LogP contribution in [0.1, 0.15) is 24.0 Å². The highest BCUT2D eigenvalue weighted by Gasteiger charge is 2.32. The first-order valence-electron chi connectivity index (χ1n) is 10.2. The number of piperidine rings is 1. The van der Waals surface area contributed by atoms with Crippen molar-refractivity contribution >= 4 is 27.5 Å². The van der Waals surface area contributed by atoms with Gasteiger partial charge in [-0.15, -0.1) is 0 Å². The number of rotatable bonds is 5. The van der Waals surface area contributed by atoms with Crippen LogP contribution < -0.4 is 15.4 Å². The molecule has 2 amide bonds. The summed E-state index contributed by atoms with van der Waals surface area (Å²) in [7, 11) is -3.73. The van der Waals surface area contributed by atoms with E-state index in [2.05, 4.69) is 10.6 Å². The van der Waals surface area contributed by atoms with Crippen LogP contribution >= 0.6 is 0 Å². The summed E-state index contributed by atoms with van der Waals surface area (Å²) in [5.74, 6) is -0.137. The normalized spacial score (nSPS) is 17.4. The lowest BCUT2D eigenvalue weighted by Gasteiger charge is -2.31. The zero-order valence-corrected chi connectivity index (χ0v) is 18.1. The van der Waals surface area contributed by atoms with E-state index in [0.29, 0.717) is 30.8 Å². The second-order valence-corrected chi connectivity index (χ2v) is 9.82. The van der Waals surface area contributed by atoms with Gasteiger partial charge in [-0.05, 0) is 43.5 Å². The van der Waals surface area contributed by atoms with Gasteiger partial charge in [0.2, 0.25) is 15.9 Å². The Hall–Kier alpha value is -2.91. The number of benzene rings is 2. The smallest absolute Gasteiger partial charge is 0.262 e. The van der Waals surface area contributed by atoms with Crippen LogP contribution in [-0.4, -0.2) is 44.2 Å². The minimum absolute atomic E-state index is 0.0489. The molecule has 0 saturated carbocycles. The molecule has 1 fully saturated rings. The number of aryl methyl sites for hydroxylation is 1. The maximum Gasteiger partial charge on any atom is 0.262 e. The Bertz CT molecular complexity index is 1110. The van der Waals surface area contributed by atoms with E-state index in [1.807, 2.05) is 31.2 Å². The van der Waals surface area contributed by atoms with Gasteiger partial charge < -0.3 is 15.4 Å². The molecule has 31 heavy (non-hydrogen) atoms. The number of carbonyl (C=O) groups excluding carboxylic acids is 2. The highest BCUT2D eigenvalue weighted by molar-refractivity contribution is 7.89. The van der Waals surface area contributed by atoms with E-state index < -0.39 is 10.0 Å². The molecular weight excluding hydrogens is 418 g/mol. The monoisotopic (exact) mass is 443 g/mol. The van der Waals surface area contributed by atoms with Crippen LogP contribution in [0.4, 0.5) is 5.69 Å². The lowest BCUT2D eigenvalue weighted by Crippen LogP contribution is -2.42. The van der Waals surface area contributed by atoms with E-state index in [9.17, 15) is 18.0 Å². The minimum atomic E-state index is -3.73. The van der Waals surface area contributed by atoms with Crippen molar-refractivity contribution in [3.63, 3.8) is 0 Å². The molecule has 0 bridgehead atoms. The lowest BCUT2D eigenvalue weighted by molar-refractivity contribution is -0.126. The second kappa shape index (κ2) is 8.68. The third-order valence-electron chi connectivity index (χ3n) is 5.60. The number of carbonyl (C=O) groups is 2. The van der Waals surface area contributed by atoms with Gasteiger partial charge in [0.25, 0.3) is 5.91 Å². The predicted molar refractivity (Wildman–Crippen MR) is 115 cm³/mol. The van der Waals surface area contributed by atoms with Gasteiger partial charge in [-0.3, -0.25) is 9.59 Å². The second-order valence-electron chi connectivity index (χ2n) is 7.88. The number of anilines is 1. The minimum Gasteiger partial charge on any atom is -0.482 e. The Balaban J connectivity index is 1.36. The molecule has 0 spiro atoms. The van der Waals surface area contributed by atoms with E-state index in [0.717, 1.165) is 11.1 Å². The van der Waals surface area contributed by atoms with Crippen molar-refractivity contribution in [1.82, 2.24) is 9.62 Å². The Labute approximate surface area is 181 Å². The van der Waals surface area contributed by atoms with Crippen molar-refractivity contribution in [2.75, 3.05) is 25.0 Å². The van der Waals surface area contributed by atoms with Gasteiger partial charge in [-0.1, -0.05) is 29.8 Å². The Morgan fingerprint density at radius 1 is 1.19 bits per heavy atom. The van der Waals surface area contributed by atoms with Crippen LogP contribution in [0.25, 0.3) is 0 Å². The summed E-state index contributed by atoms with van der Waals surface area (Å²) in [4.78, 5) is 24.2. The number of nitrogens with zero attached hydrogens (tertiary/aromatic N) is 1. The van der Waals surface area contributed by atoms with Gasteiger partial charge in [-0.25, -0.2) is 8.42 Å². The molecule has 9 heteroatoms. The maximum atomic E-state index is 13.0. The lowest BCUT2D eigenvalue weighted by atomic mass is 9.97. The number of sulfonamides is 1. The van der Waals surface area contributed by atoms with Crippen molar-refractivity contribution in [3.8, 4) is 5.75 Å². The molecule has 0 aliphatic carbocycles. The molecule has 2 heterocycles. The fraction of sp³-hybridized carbons (Fsp3) is 0.364. The fourth-order valence-electron chi connectivity index (χ4n) is 3.89. The summed E-state index contributed by atoms with van der Waals surface area (Å²) < 4.78 is 32.8. The van der Waals surface area contributed by atoms with E-state index in [1.54, 1.807) is 6.07 Å². The third-order valence-corrected chi connectivity index (χ3v) is 7.49. The van der Waals surface area contributed by atoms with Crippen LogP contribution in [-0.2, 0) is 26.2 Å². The molecule has 2 aromatic rings. The SMILES string of the molecule is Cc1cccc(CNC(=O)C2CCN(S(=O)(=O)c3ccc4c(c3)NC(=O)CO4)CC2)c1. The number of nitrogens with one attached hydrogen (secondary N) is 2. The van der Waals surface area contributed by atoms with E-state index in [4.69, 9.17) is 4.74 Å². The van der Waals surface area contributed by atoms with Gasteiger partial charge >= 0.3 is 0 Å². The quantitative estimate of drug-likeness (QED) is 0.736. The molecule has 0 unspecified atom stereocenters. The molecule has 4 rings (SSSR count). The van der Waals surface area contributed by atoms with Gasteiger partial charge in [0.15, 0.2) is 6.61 Å². The molecule has 2 N–H and O–H groups in total. The number of hydrogen-bond acceptors (Lipinski definition) is 5. The molecule has 1 saturated heterocycles. The molecule has 2 aromatic carbocycles. The standard InChI is InChI=1S/C22H25N3O5S/c1-15-3-2-4-16(11-15)13-23-22(27)17-7-9-25(10-8-17)31(28,29)18-5-6-20-19(12-18)24-21(26)14-30-20/h2-6,11-12,17H,7-10,13-14H2,1H3,(H,23,27)(H,24,26). The number of ether oxygens (including phenoxy) is 1. The summed E-state index contributed by atoms with van der Waals surface area (Å²) in [6.07, 6.45) is 0.924. The van der Waals surface area contributed by atoms with Gasteiger partial charge in [-0.2, -0.15) is 4.31 Å². The van der Waals surface area contributed by atoms with Crippen molar-refractivity contribution in [3.05, 3.63) is 53.6 Å². The van der Waals surface area contributed by atoms with Gasteiger partial charge in [0, 0.05) is 25.6 Å². The molecule has 8 nitrogen and oxygen atoms in total. The largest absolute Gasteiger partial charge is 0.482 e. The average molecular weight is 444 g/mol. The Kier molecular flexibility index (Phi) is 5.97.